The van der Waals surface area contributed by atoms with Gasteiger partial charge < -0.3 is 10.4 Å². The molecule has 0 radical (unpaired) electrons. The topological polar surface area (TPSA) is 78.8 Å². The number of H-pyrrole nitrogens is 1. The van der Waals surface area contributed by atoms with Gasteiger partial charge in [-0.1, -0.05) is 24.8 Å². The molecule has 0 saturated heterocycles. The third-order valence-corrected chi connectivity index (χ3v) is 7.99. The molecular weight excluding hydrogens is 420 g/mol. The Morgan fingerprint density at radius 3 is 2.84 bits per heavy atom. The minimum absolute atomic E-state index is 0.0545. The number of aliphatic hydroxyl groups excluding tert-OH is 1. The van der Waals surface area contributed by atoms with Crippen LogP contribution >= 0.6 is 11.8 Å². The first kappa shape index (κ1) is 19.5. The number of fused-ring (bicyclic) bond motifs is 2. The van der Waals surface area contributed by atoms with Crippen molar-refractivity contribution in [1.82, 2.24) is 19.7 Å². The number of halogens is 2. The smallest absolute Gasteiger partial charge is 0.191 e. The second kappa shape index (κ2) is 7.20. The molecule has 0 spiro atoms. The average molecular weight is 446 g/mol. The Balaban J connectivity index is 1.26. The predicted octanol–water partition coefficient (Wildman–Crippen LogP) is 4.45. The third kappa shape index (κ3) is 3.33. The van der Waals surface area contributed by atoms with Gasteiger partial charge in [-0.05, 0) is 55.2 Å². The van der Waals surface area contributed by atoms with Crippen LogP contribution in [0, 0.1) is 23.5 Å². The lowest BCUT2D eigenvalue weighted by molar-refractivity contribution is 0.106. The summed E-state index contributed by atoms with van der Waals surface area (Å²) >= 11 is 1.62. The maximum Gasteiger partial charge on any atom is 0.191 e. The van der Waals surface area contributed by atoms with Gasteiger partial charge in [0.1, 0.15) is 5.52 Å². The molecule has 3 fully saturated rings. The van der Waals surface area contributed by atoms with E-state index in [9.17, 15) is 13.9 Å². The van der Waals surface area contributed by atoms with Gasteiger partial charge in [0, 0.05) is 17.7 Å². The highest BCUT2D eigenvalue weighted by molar-refractivity contribution is 7.99. The van der Waals surface area contributed by atoms with E-state index in [1.807, 2.05) is 4.68 Å². The second-order valence-electron chi connectivity index (χ2n) is 9.10. The molecular formula is C22H25F2N5OS. The van der Waals surface area contributed by atoms with Crippen LogP contribution in [-0.2, 0) is 0 Å². The van der Waals surface area contributed by atoms with Crippen LogP contribution in [-0.4, -0.2) is 42.8 Å². The molecule has 0 bridgehead atoms. The number of hydrogen-bond acceptors (Lipinski definition) is 5. The van der Waals surface area contributed by atoms with Crippen molar-refractivity contribution in [2.24, 2.45) is 11.8 Å². The van der Waals surface area contributed by atoms with Gasteiger partial charge >= 0.3 is 0 Å². The van der Waals surface area contributed by atoms with Crippen molar-refractivity contribution in [2.75, 3.05) is 11.1 Å². The van der Waals surface area contributed by atoms with Crippen LogP contribution in [0.3, 0.4) is 0 Å². The van der Waals surface area contributed by atoms with Crippen molar-refractivity contribution >= 4 is 28.7 Å². The maximum absolute atomic E-state index is 13.6. The summed E-state index contributed by atoms with van der Waals surface area (Å²) in [6, 6.07) is 4.30. The molecule has 6 atom stereocenters. The van der Waals surface area contributed by atoms with E-state index in [1.165, 1.54) is 12.1 Å². The molecule has 2 heterocycles. The Morgan fingerprint density at radius 2 is 2.10 bits per heavy atom. The molecule has 31 heavy (non-hydrogen) atoms. The lowest BCUT2D eigenvalue weighted by Crippen LogP contribution is -2.28. The first-order chi connectivity index (χ1) is 15.0. The fraction of sp³-hybridized carbons (Fsp3) is 0.545. The Morgan fingerprint density at radius 1 is 1.23 bits per heavy atom. The summed E-state index contributed by atoms with van der Waals surface area (Å²) < 4.78 is 28.9. The van der Waals surface area contributed by atoms with E-state index in [0.29, 0.717) is 11.8 Å². The molecule has 3 N–H and O–H groups in total. The van der Waals surface area contributed by atoms with E-state index >= 15 is 0 Å². The second-order valence-corrected chi connectivity index (χ2v) is 10.2. The number of nitrogens with zero attached hydrogens (tertiary/aromatic N) is 3. The summed E-state index contributed by atoms with van der Waals surface area (Å²) in [5.41, 5.74) is 2.49. The highest BCUT2D eigenvalue weighted by Crippen LogP contribution is 2.56. The van der Waals surface area contributed by atoms with Crippen molar-refractivity contribution < 1.29 is 13.9 Å². The number of anilines is 1. The highest BCUT2D eigenvalue weighted by Gasteiger charge is 2.54. The molecule has 6 unspecified atom stereocenters. The third-order valence-electron chi connectivity index (χ3n) is 6.94. The minimum atomic E-state index is -0.820. The quantitative estimate of drug-likeness (QED) is 0.370. The highest BCUT2D eigenvalue weighted by atomic mass is 32.2. The lowest BCUT2D eigenvalue weighted by atomic mass is 10.1. The van der Waals surface area contributed by atoms with E-state index in [4.69, 9.17) is 9.97 Å². The Hall–Kier alpha value is -2.13. The van der Waals surface area contributed by atoms with E-state index < -0.39 is 11.6 Å². The van der Waals surface area contributed by atoms with E-state index in [1.54, 1.807) is 17.8 Å². The zero-order valence-electron chi connectivity index (χ0n) is 17.2. The van der Waals surface area contributed by atoms with Crippen molar-refractivity contribution in [1.29, 1.82) is 0 Å². The summed E-state index contributed by atoms with van der Waals surface area (Å²) in [4.78, 5) is 9.48. The zero-order valence-corrected chi connectivity index (χ0v) is 18.0. The van der Waals surface area contributed by atoms with Crippen LogP contribution < -0.4 is 5.32 Å². The van der Waals surface area contributed by atoms with Crippen LogP contribution in [0.1, 0.15) is 50.1 Å². The molecule has 6 rings (SSSR count). The van der Waals surface area contributed by atoms with Crippen LogP contribution in [0.25, 0.3) is 11.2 Å². The average Bonchev–Trinajstić information content (AvgIpc) is 3.64. The van der Waals surface area contributed by atoms with Gasteiger partial charge in [0.25, 0.3) is 0 Å². The van der Waals surface area contributed by atoms with Gasteiger partial charge in [-0.2, -0.15) is 0 Å². The fourth-order valence-electron chi connectivity index (χ4n) is 5.02. The van der Waals surface area contributed by atoms with Crippen molar-refractivity contribution in [3.05, 3.63) is 35.4 Å². The van der Waals surface area contributed by atoms with Crippen molar-refractivity contribution in [3.8, 4) is 0 Å². The van der Waals surface area contributed by atoms with Crippen LogP contribution in [0.5, 0.6) is 0 Å². The summed E-state index contributed by atoms with van der Waals surface area (Å²) in [7, 11) is 0. The van der Waals surface area contributed by atoms with Gasteiger partial charge in [0.15, 0.2) is 28.3 Å². The lowest BCUT2D eigenvalue weighted by Gasteiger charge is -2.27. The van der Waals surface area contributed by atoms with Crippen LogP contribution in [0.4, 0.5) is 14.6 Å². The maximum atomic E-state index is 13.6. The zero-order chi connectivity index (χ0) is 21.3. The molecule has 3 aromatic rings. The molecule has 3 aliphatic rings. The van der Waals surface area contributed by atoms with E-state index in [0.717, 1.165) is 59.1 Å². The molecule has 9 heteroatoms. The van der Waals surface area contributed by atoms with Gasteiger partial charge in [-0.25, -0.2) is 18.7 Å². The molecule has 3 saturated carbocycles. The standard InChI is InChI=1S/C22H25F2N5OS/c1-2-5-31-22-26-20(25-16-9-12(16)10-3-4-14(23)15(24)7-10)18-21(27-22)29(28-18)17-8-11-6-13(11)19(17)30/h3-4,7,11-13,16-17,19,28,30H,2,5-6,8-9H2,1H3,(H,25,26,27). The molecule has 164 valence electrons. The predicted molar refractivity (Wildman–Crippen MR) is 115 cm³/mol. The van der Waals surface area contributed by atoms with Gasteiger partial charge in [-0.15, -0.1) is 0 Å². The molecule has 1 aromatic carbocycles. The van der Waals surface area contributed by atoms with E-state index in [2.05, 4.69) is 17.3 Å². The van der Waals surface area contributed by atoms with Gasteiger partial charge in [0.2, 0.25) is 0 Å². The number of aromatic amines is 1. The fourth-order valence-corrected chi connectivity index (χ4v) is 5.72. The number of thioether (sulfide) groups is 1. The monoisotopic (exact) mass is 445 g/mol. The number of rotatable bonds is 7. The summed E-state index contributed by atoms with van der Waals surface area (Å²) in [5, 5.41) is 18.2. The van der Waals surface area contributed by atoms with Crippen LogP contribution in [0.15, 0.2) is 23.4 Å². The van der Waals surface area contributed by atoms with Crippen molar-refractivity contribution in [2.45, 2.75) is 61.9 Å². The summed E-state index contributed by atoms with van der Waals surface area (Å²) in [6.07, 6.45) is 3.69. The number of benzene rings is 1. The Kier molecular flexibility index (Phi) is 4.54. The Labute approximate surface area is 182 Å². The van der Waals surface area contributed by atoms with Crippen LogP contribution in [0.2, 0.25) is 0 Å². The normalized spacial score (nSPS) is 31.2. The Bertz CT molecular complexity index is 1150. The largest absolute Gasteiger partial charge is 0.391 e. The van der Waals surface area contributed by atoms with E-state index in [-0.39, 0.29) is 24.1 Å². The molecule has 2 aromatic heterocycles. The van der Waals surface area contributed by atoms with Gasteiger partial charge in [0.05, 0.1) is 12.1 Å². The molecule has 0 aliphatic heterocycles. The summed E-state index contributed by atoms with van der Waals surface area (Å²) in [5.74, 6) is 1.26. The molecule has 3 aliphatic carbocycles. The first-order valence-electron chi connectivity index (χ1n) is 11.0. The summed E-state index contributed by atoms with van der Waals surface area (Å²) in [6.45, 7) is 2.12. The van der Waals surface area contributed by atoms with Crippen molar-refractivity contribution in [3.63, 3.8) is 0 Å². The molecule has 6 nitrogen and oxygen atoms in total. The van der Waals surface area contributed by atoms with Gasteiger partial charge in [-0.3, -0.25) is 9.78 Å². The molecule has 0 amide bonds. The SMILES string of the molecule is CCCSc1nc(NC2CC2c2ccc(F)c(F)c2)c2[nH]n(C3CC4CC4C3O)c2n1. The minimum Gasteiger partial charge on any atom is -0.391 e. The number of aliphatic hydroxyl groups is 1. The first-order valence-corrected chi connectivity index (χ1v) is 12.0. The number of aromatic nitrogens is 4. The number of hydrogen-bond donors (Lipinski definition) is 3. The number of nitrogens with one attached hydrogen (secondary N) is 2.